The number of guanidine groups is 1. The maximum atomic E-state index is 13.3. The molecule has 0 aliphatic carbocycles. The number of rotatable bonds is 8. The standard InChI is InChI=1S/C26H31N5O3S.ClH/c27-26(28)31-14-6-9-20(18-31)17-29-25(32)24(15-19-7-2-1-3-8-19)30-35(33,34)23-13-12-21-10-4-5-11-22(21)16-23;/h1-5,7-8,10-13,16,20,24,30H,6,9,14-15,17-18H2,(H3,27,28)(H,29,32);1H/t20-,24+;/m0./s1. The Hall–Kier alpha value is -3.14. The van der Waals surface area contributed by atoms with E-state index in [2.05, 4.69) is 10.0 Å². The zero-order valence-electron chi connectivity index (χ0n) is 19.9. The van der Waals surface area contributed by atoms with Crippen LogP contribution in [0.3, 0.4) is 0 Å². The minimum absolute atomic E-state index is 0. The molecule has 1 fully saturated rings. The molecule has 1 aliphatic heterocycles. The van der Waals surface area contributed by atoms with Crippen molar-refractivity contribution in [1.29, 1.82) is 5.41 Å². The average Bonchev–Trinajstić information content (AvgIpc) is 2.87. The van der Waals surface area contributed by atoms with Crippen molar-refractivity contribution in [2.75, 3.05) is 19.6 Å². The quantitative estimate of drug-likeness (QED) is 0.263. The lowest BCUT2D eigenvalue weighted by molar-refractivity contribution is -0.122. The molecule has 0 unspecified atom stereocenters. The Kier molecular flexibility index (Phi) is 9.31. The van der Waals surface area contributed by atoms with Crippen molar-refractivity contribution in [3.05, 3.63) is 78.4 Å². The zero-order chi connectivity index (χ0) is 24.8. The largest absolute Gasteiger partial charge is 0.370 e. The predicted molar refractivity (Wildman–Crippen MR) is 145 cm³/mol. The molecule has 1 saturated heterocycles. The number of carbonyl (C=O) groups excluding carboxylic acids is 1. The summed E-state index contributed by atoms with van der Waals surface area (Å²) in [5, 5.41) is 12.3. The van der Waals surface area contributed by atoms with Gasteiger partial charge in [0, 0.05) is 19.6 Å². The summed E-state index contributed by atoms with van der Waals surface area (Å²) < 4.78 is 29.2. The van der Waals surface area contributed by atoms with E-state index >= 15 is 0 Å². The number of benzene rings is 3. The highest BCUT2D eigenvalue weighted by molar-refractivity contribution is 7.89. The number of hydrogen-bond acceptors (Lipinski definition) is 4. The SMILES string of the molecule is Cl.N=C(N)N1CCC[C@@H](CNC(=O)[C@@H](Cc2ccccc2)NS(=O)(=O)c2ccc3ccccc3c2)C1. The number of halogens is 1. The Labute approximate surface area is 218 Å². The van der Waals surface area contributed by atoms with Crippen LogP contribution in [0.5, 0.6) is 0 Å². The first-order valence-corrected chi connectivity index (χ1v) is 13.2. The molecule has 3 aromatic rings. The topological polar surface area (TPSA) is 128 Å². The van der Waals surface area contributed by atoms with E-state index in [1.807, 2.05) is 54.6 Å². The van der Waals surface area contributed by atoms with Gasteiger partial charge in [-0.1, -0.05) is 60.7 Å². The lowest BCUT2D eigenvalue weighted by atomic mass is 9.98. The van der Waals surface area contributed by atoms with Crippen LogP contribution in [-0.2, 0) is 21.2 Å². The molecule has 0 bridgehead atoms. The number of carbonyl (C=O) groups is 1. The van der Waals surface area contributed by atoms with E-state index in [9.17, 15) is 13.2 Å². The molecule has 0 saturated carbocycles. The van der Waals surface area contributed by atoms with Crippen molar-refractivity contribution in [3.8, 4) is 0 Å². The molecule has 0 spiro atoms. The van der Waals surface area contributed by atoms with Crippen LogP contribution in [0, 0.1) is 11.3 Å². The minimum Gasteiger partial charge on any atom is -0.370 e. The van der Waals surface area contributed by atoms with Gasteiger partial charge in [0.2, 0.25) is 15.9 Å². The summed E-state index contributed by atoms with van der Waals surface area (Å²) in [4.78, 5) is 15.1. The second kappa shape index (κ2) is 12.2. The third-order valence-electron chi connectivity index (χ3n) is 6.35. The second-order valence-electron chi connectivity index (χ2n) is 8.96. The van der Waals surface area contributed by atoms with Crippen LogP contribution in [0.1, 0.15) is 18.4 Å². The van der Waals surface area contributed by atoms with Gasteiger partial charge >= 0.3 is 0 Å². The monoisotopic (exact) mass is 529 g/mol. The third-order valence-corrected chi connectivity index (χ3v) is 7.82. The number of hydrogen-bond donors (Lipinski definition) is 4. The average molecular weight is 530 g/mol. The van der Waals surface area contributed by atoms with Crippen LogP contribution >= 0.6 is 12.4 Å². The first kappa shape index (κ1) is 27.4. The Morgan fingerprint density at radius 3 is 2.47 bits per heavy atom. The van der Waals surface area contributed by atoms with Crippen molar-refractivity contribution in [2.24, 2.45) is 11.7 Å². The van der Waals surface area contributed by atoms with Gasteiger partial charge < -0.3 is 16.0 Å². The van der Waals surface area contributed by atoms with Gasteiger partial charge in [0.15, 0.2) is 5.96 Å². The first-order valence-electron chi connectivity index (χ1n) is 11.7. The van der Waals surface area contributed by atoms with Crippen molar-refractivity contribution < 1.29 is 13.2 Å². The van der Waals surface area contributed by atoms with Gasteiger partial charge in [0.25, 0.3) is 0 Å². The van der Waals surface area contributed by atoms with E-state index in [1.54, 1.807) is 23.1 Å². The molecule has 3 aromatic carbocycles. The van der Waals surface area contributed by atoms with Crippen LogP contribution < -0.4 is 15.8 Å². The fourth-order valence-electron chi connectivity index (χ4n) is 4.45. The highest BCUT2D eigenvalue weighted by atomic mass is 35.5. The molecular formula is C26H32ClN5O3S. The Bertz CT molecular complexity index is 1300. The number of nitrogens with zero attached hydrogens (tertiary/aromatic N) is 1. The van der Waals surface area contributed by atoms with Crippen molar-refractivity contribution in [1.82, 2.24) is 14.9 Å². The molecule has 10 heteroatoms. The lowest BCUT2D eigenvalue weighted by Crippen LogP contribution is -2.51. The Balaban J connectivity index is 0.00000361. The van der Waals surface area contributed by atoms with Gasteiger partial charge in [-0.3, -0.25) is 10.2 Å². The summed E-state index contributed by atoms with van der Waals surface area (Å²) in [6, 6.07) is 20.8. The molecule has 2 atom stereocenters. The van der Waals surface area contributed by atoms with Crippen molar-refractivity contribution >= 4 is 45.1 Å². The molecule has 0 aromatic heterocycles. The summed E-state index contributed by atoms with van der Waals surface area (Å²) in [7, 11) is -3.94. The number of sulfonamides is 1. The lowest BCUT2D eigenvalue weighted by Gasteiger charge is -2.33. The van der Waals surface area contributed by atoms with Crippen LogP contribution in [0.15, 0.2) is 77.7 Å². The van der Waals surface area contributed by atoms with Gasteiger partial charge in [0.05, 0.1) is 4.90 Å². The molecular weight excluding hydrogens is 498 g/mol. The fraction of sp³-hybridized carbons (Fsp3) is 0.308. The molecule has 8 nitrogen and oxygen atoms in total. The molecule has 0 radical (unpaired) electrons. The van der Waals surface area contributed by atoms with E-state index in [0.717, 1.165) is 35.7 Å². The summed E-state index contributed by atoms with van der Waals surface area (Å²) in [5.41, 5.74) is 6.48. The zero-order valence-corrected chi connectivity index (χ0v) is 21.5. The Morgan fingerprint density at radius 1 is 1.06 bits per heavy atom. The number of fused-ring (bicyclic) bond motifs is 1. The molecule has 5 N–H and O–H groups in total. The number of piperidine rings is 1. The van der Waals surface area contributed by atoms with E-state index in [4.69, 9.17) is 11.1 Å². The van der Waals surface area contributed by atoms with Crippen LogP contribution in [-0.4, -0.2) is 50.9 Å². The van der Waals surface area contributed by atoms with Gasteiger partial charge in [-0.25, -0.2) is 8.42 Å². The summed E-state index contributed by atoms with van der Waals surface area (Å²) in [6.07, 6.45) is 2.03. The van der Waals surface area contributed by atoms with E-state index in [0.29, 0.717) is 13.1 Å². The molecule has 36 heavy (non-hydrogen) atoms. The number of amides is 1. The van der Waals surface area contributed by atoms with Gasteiger partial charge in [0.1, 0.15) is 6.04 Å². The van der Waals surface area contributed by atoms with Crippen LogP contribution in [0.2, 0.25) is 0 Å². The molecule has 4 rings (SSSR count). The van der Waals surface area contributed by atoms with Gasteiger partial charge in [-0.05, 0) is 53.6 Å². The maximum Gasteiger partial charge on any atom is 0.241 e. The van der Waals surface area contributed by atoms with Crippen molar-refractivity contribution in [2.45, 2.75) is 30.2 Å². The predicted octanol–water partition coefficient (Wildman–Crippen LogP) is 2.87. The third kappa shape index (κ3) is 6.96. The fourth-order valence-corrected chi connectivity index (χ4v) is 5.68. The van der Waals surface area contributed by atoms with Crippen LogP contribution in [0.25, 0.3) is 10.8 Å². The number of nitrogens with one attached hydrogen (secondary N) is 3. The summed E-state index contributed by atoms with van der Waals surface area (Å²) in [6.45, 7) is 1.73. The molecule has 1 amide bonds. The summed E-state index contributed by atoms with van der Waals surface area (Å²) in [5.74, 6) is -0.199. The van der Waals surface area contributed by atoms with Gasteiger partial charge in [-0.15, -0.1) is 12.4 Å². The Morgan fingerprint density at radius 2 is 1.75 bits per heavy atom. The van der Waals surface area contributed by atoms with Crippen molar-refractivity contribution in [3.63, 3.8) is 0 Å². The first-order chi connectivity index (χ1) is 16.8. The molecule has 1 aliphatic rings. The van der Waals surface area contributed by atoms with Gasteiger partial charge in [-0.2, -0.15) is 4.72 Å². The summed E-state index contributed by atoms with van der Waals surface area (Å²) >= 11 is 0. The van der Waals surface area contributed by atoms with E-state index in [-0.39, 0.29) is 41.5 Å². The number of nitrogens with two attached hydrogens (primary N) is 1. The highest BCUT2D eigenvalue weighted by Crippen LogP contribution is 2.20. The van der Waals surface area contributed by atoms with Crippen LogP contribution in [0.4, 0.5) is 0 Å². The number of likely N-dealkylation sites (tertiary alicyclic amines) is 1. The van der Waals surface area contributed by atoms with E-state index in [1.165, 1.54) is 0 Å². The van der Waals surface area contributed by atoms with E-state index < -0.39 is 16.1 Å². The highest BCUT2D eigenvalue weighted by Gasteiger charge is 2.28. The normalized spacial score (nSPS) is 16.7. The molecule has 192 valence electrons. The molecule has 1 heterocycles. The minimum atomic E-state index is -3.94. The maximum absolute atomic E-state index is 13.3. The smallest absolute Gasteiger partial charge is 0.241 e. The second-order valence-corrected chi connectivity index (χ2v) is 10.7.